The smallest absolute Gasteiger partial charge is 0.0952 e. The molecule has 0 heterocycles. The molecule has 0 spiro atoms. The lowest BCUT2D eigenvalue weighted by Gasteiger charge is -2.22. The molecule has 2 nitrogen and oxygen atoms in total. The predicted molar refractivity (Wildman–Crippen MR) is 52.6 cm³/mol. The van der Waals surface area contributed by atoms with E-state index in [1.54, 1.807) is 0 Å². The zero-order chi connectivity index (χ0) is 8.97. The first-order valence-electron chi connectivity index (χ1n) is 5.02. The van der Waals surface area contributed by atoms with Gasteiger partial charge in [0, 0.05) is 20.0 Å². The van der Waals surface area contributed by atoms with Gasteiger partial charge in [-0.3, -0.25) is 5.41 Å². The van der Waals surface area contributed by atoms with Crippen LogP contribution in [0.15, 0.2) is 0 Å². The van der Waals surface area contributed by atoms with E-state index in [-0.39, 0.29) is 0 Å². The Hall–Kier alpha value is -0.530. The molecule has 1 rings (SSSR count). The Labute approximate surface area is 75.5 Å². The Morgan fingerprint density at radius 3 is 2.50 bits per heavy atom. The molecule has 0 amide bonds. The van der Waals surface area contributed by atoms with Crippen molar-refractivity contribution in [1.29, 1.82) is 5.41 Å². The number of hydrogen-bond donors (Lipinski definition) is 1. The molecule has 0 atom stereocenters. The average Bonchev–Trinajstić information content (AvgIpc) is 2.55. The van der Waals surface area contributed by atoms with E-state index in [0.717, 1.165) is 24.7 Å². The second-order valence-electron chi connectivity index (χ2n) is 3.83. The monoisotopic (exact) mass is 168 g/mol. The molecule has 1 fully saturated rings. The summed E-state index contributed by atoms with van der Waals surface area (Å²) in [6.45, 7) is 3.15. The Morgan fingerprint density at radius 1 is 1.42 bits per heavy atom. The van der Waals surface area contributed by atoms with Gasteiger partial charge in [0.25, 0.3) is 0 Å². The van der Waals surface area contributed by atoms with E-state index in [1.807, 2.05) is 14.0 Å². The molecular weight excluding hydrogens is 148 g/mol. The minimum absolute atomic E-state index is 0.780. The summed E-state index contributed by atoms with van der Waals surface area (Å²) < 4.78 is 0. The molecule has 0 aromatic heterocycles. The van der Waals surface area contributed by atoms with E-state index < -0.39 is 0 Å². The van der Waals surface area contributed by atoms with Gasteiger partial charge in [0.15, 0.2) is 0 Å². The van der Waals surface area contributed by atoms with Gasteiger partial charge in [-0.2, -0.15) is 0 Å². The van der Waals surface area contributed by atoms with E-state index in [0.29, 0.717) is 0 Å². The van der Waals surface area contributed by atoms with Crippen LogP contribution in [-0.2, 0) is 0 Å². The van der Waals surface area contributed by atoms with Crippen molar-refractivity contribution < 1.29 is 0 Å². The standard InChI is InChI=1S/C10H20N2/c1-3-10(11)12(2)8-9-6-4-5-7-9/h9,11H,3-8H2,1-2H3. The third kappa shape index (κ3) is 2.50. The minimum atomic E-state index is 0.780. The van der Waals surface area contributed by atoms with Crippen molar-refractivity contribution >= 4 is 5.84 Å². The second-order valence-corrected chi connectivity index (χ2v) is 3.83. The average molecular weight is 168 g/mol. The topological polar surface area (TPSA) is 27.1 Å². The van der Waals surface area contributed by atoms with Gasteiger partial charge in [-0.25, -0.2) is 0 Å². The number of rotatable bonds is 3. The number of amidine groups is 1. The summed E-state index contributed by atoms with van der Waals surface area (Å²) in [7, 11) is 2.05. The fraction of sp³-hybridized carbons (Fsp3) is 0.900. The van der Waals surface area contributed by atoms with Gasteiger partial charge in [0.05, 0.1) is 5.84 Å². The third-order valence-corrected chi connectivity index (χ3v) is 2.80. The SMILES string of the molecule is CCC(=N)N(C)CC1CCCC1. The molecule has 1 aliphatic carbocycles. The molecule has 0 aliphatic heterocycles. The molecule has 2 heteroatoms. The molecule has 1 aliphatic rings. The molecular formula is C10H20N2. The van der Waals surface area contributed by atoms with Gasteiger partial charge < -0.3 is 4.90 Å². The summed E-state index contributed by atoms with van der Waals surface area (Å²) in [6, 6.07) is 0. The van der Waals surface area contributed by atoms with Crippen LogP contribution in [0, 0.1) is 11.3 Å². The Kier molecular flexibility index (Phi) is 3.57. The van der Waals surface area contributed by atoms with Crippen LogP contribution in [0.1, 0.15) is 39.0 Å². The number of nitrogens with one attached hydrogen (secondary N) is 1. The lowest BCUT2D eigenvalue weighted by molar-refractivity contribution is 0.382. The summed E-state index contributed by atoms with van der Waals surface area (Å²) >= 11 is 0. The highest BCUT2D eigenvalue weighted by atomic mass is 15.1. The largest absolute Gasteiger partial charge is 0.363 e. The summed E-state index contributed by atoms with van der Waals surface area (Å²) in [4.78, 5) is 2.11. The van der Waals surface area contributed by atoms with Crippen LogP contribution in [0.2, 0.25) is 0 Å². The van der Waals surface area contributed by atoms with Gasteiger partial charge in [0.2, 0.25) is 0 Å². The summed E-state index contributed by atoms with van der Waals surface area (Å²) in [5.41, 5.74) is 0. The number of nitrogens with zero attached hydrogens (tertiary/aromatic N) is 1. The zero-order valence-electron chi connectivity index (χ0n) is 8.27. The van der Waals surface area contributed by atoms with Crippen LogP contribution in [0.4, 0.5) is 0 Å². The molecule has 0 aromatic rings. The van der Waals surface area contributed by atoms with E-state index >= 15 is 0 Å². The fourth-order valence-corrected chi connectivity index (χ4v) is 1.96. The third-order valence-electron chi connectivity index (χ3n) is 2.80. The summed E-state index contributed by atoms with van der Waals surface area (Å²) in [6.07, 6.45) is 6.42. The maximum absolute atomic E-state index is 7.63. The van der Waals surface area contributed by atoms with E-state index in [2.05, 4.69) is 4.90 Å². The van der Waals surface area contributed by atoms with Crippen LogP contribution in [0.5, 0.6) is 0 Å². The van der Waals surface area contributed by atoms with Crippen LogP contribution in [0.25, 0.3) is 0 Å². The zero-order valence-corrected chi connectivity index (χ0v) is 8.27. The first-order valence-corrected chi connectivity index (χ1v) is 5.02. The molecule has 0 bridgehead atoms. The summed E-state index contributed by atoms with van der Waals surface area (Å²) in [5, 5.41) is 7.63. The Morgan fingerprint density at radius 2 is 2.00 bits per heavy atom. The van der Waals surface area contributed by atoms with Crippen LogP contribution >= 0.6 is 0 Å². The maximum Gasteiger partial charge on any atom is 0.0952 e. The van der Waals surface area contributed by atoms with E-state index in [9.17, 15) is 0 Å². The normalized spacial score (nSPS) is 18.2. The van der Waals surface area contributed by atoms with Gasteiger partial charge in [0.1, 0.15) is 0 Å². The van der Waals surface area contributed by atoms with Crippen molar-refractivity contribution in [2.75, 3.05) is 13.6 Å². The summed E-state index contributed by atoms with van der Waals surface area (Å²) in [5.74, 6) is 1.64. The van der Waals surface area contributed by atoms with Crippen molar-refractivity contribution in [3.63, 3.8) is 0 Å². The van der Waals surface area contributed by atoms with Crippen molar-refractivity contribution in [3.05, 3.63) is 0 Å². The maximum atomic E-state index is 7.63. The quantitative estimate of drug-likeness (QED) is 0.508. The molecule has 0 radical (unpaired) electrons. The Balaban J connectivity index is 2.24. The molecule has 1 saturated carbocycles. The van der Waals surface area contributed by atoms with Crippen molar-refractivity contribution in [3.8, 4) is 0 Å². The molecule has 1 N–H and O–H groups in total. The van der Waals surface area contributed by atoms with Crippen molar-refractivity contribution in [2.24, 2.45) is 5.92 Å². The highest BCUT2D eigenvalue weighted by Crippen LogP contribution is 2.25. The predicted octanol–water partition coefficient (Wildman–Crippen LogP) is 2.50. The van der Waals surface area contributed by atoms with Crippen LogP contribution in [0.3, 0.4) is 0 Å². The highest BCUT2D eigenvalue weighted by molar-refractivity contribution is 5.78. The second kappa shape index (κ2) is 4.48. The van der Waals surface area contributed by atoms with E-state index in [1.165, 1.54) is 25.7 Å². The molecule has 0 unspecified atom stereocenters. The highest BCUT2D eigenvalue weighted by Gasteiger charge is 2.17. The van der Waals surface area contributed by atoms with Crippen LogP contribution in [-0.4, -0.2) is 24.3 Å². The molecule has 70 valence electrons. The lowest BCUT2D eigenvalue weighted by Crippen LogP contribution is -2.29. The first-order chi connectivity index (χ1) is 5.74. The molecule has 0 aromatic carbocycles. The van der Waals surface area contributed by atoms with Gasteiger partial charge >= 0.3 is 0 Å². The lowest BCUT2D eigenvalue weighted by atomic mass is 10.1. The van der Waals surface area contributed by atoms with Crippen molar-refractivity contribution in [2.45, 2.75) is 39.0 Å². The van der Waals surface area contributed by atoms with Crippen LogP contribution < -0.4 is 0 Å². The molecule has 0 saturated heterocycles. The number of hydrogen-bond acceptors (Lipinski definition) is 1. The fourth-order valence-electron chi connectivity index (χ4n) is 1.96. The van der Waals surface area contributed by atoms with Gasteiger partial charge in [-0.05, 0) is 18.8 Å². The minimum Gasteiger partial charge on any atom is -0.363 e. The van der Waals surface area contributed by atoms with Gasteiger partial charge in [-0.1, -0.05) is 19.8 Å². The van der Waals surface area contributed by atoms with Crippen molar-refractivity contribution in [1.82, 2.24) is 4.90 Å². The van der Waals surface area contributed by atoms with Gasteiger partial charge in [-0.15, -0.1) is 0 Å². The van der Waals surface area contributed by atoms with E-state index in [4.69, 9.17) is 5.41 Å². The molecule has 12 heavy (non-hydrogen) atoms. The first kappa shape index (κ1) is 9.56. The Bertz CT molecular complexity index is 148.